The van der Waals surface area contributed by atoms with Gasteiger partial charge in [0.25, 0.3) is 0 Å². The molecule has 1 aliphatic heterocycles. The van der Waals surface area contributed by atoms with Crippen molar-refractivity contribution >= 4 is 5.91 Å². The summed E-state index contributed by atoms with van der Waals surface area (Å²) < 4.78 is 0. The van der Waals surface area contributed by atoms with Crippen LogP contribution in [0.4, 0.5) is 0 Å². The largest absolute Gasteiger partial charge is 0.339 e. The average molecular weight is 266 g/mol. The third-order valence-corrected chi connectivity index (χ3v) is 3.85. The summed E-state index contributed by atoms with van der Waals surface area (Å²) in [7, 11) is 0. The summed E-state index contributed by atoms with van der Waals surface area (Å²) in [6.07, 6.45) is 7.73. The van der Waals surface area contributed by atoms with Gasteiger partial charge in [-0.05, 0) is 51.1 Å². The highest BCUT2D eigenvalue weighted by Gasteiger charge is 2.33. The molecule has 0 atom stereocenters. The number of rotatable bonds is 6. The van der Waals surface area contributed by atoms with E-state index < -0.39 is 0 Å². The molecule has 2 aliphatic rings. The molecule has 1 N–H and O–H groups in total. The van der Waals surface area contributed by atoms with Crippen molar-refractivity contribution in [3.8, 4) is 0 Å². The lowest BCUT2D eigenvalue weighted by molar-refractivity contribution is -0.132. The van der Waals surface area contributed by atoms with Crippen molar-refractivity contribution in [3.63, 3.8) is 0 Å². The van der Waals surface area contributed by atoms with Gasteiger partial charge in [-0.1, -0.05) is 19.9 Å². The maximum Gasteiger partial charge on any atom is 0.225 e. The molecule has 0 radical (unpaired) electrons. The zero-order chi connectivity index (χ0) is 14.1. The van der Waals surface area contributed by atoms with E-state index in [1.165, 1.54) is 12.8 Å². The Morgan fingerprint density at radius 2 is 1.89 bits per heavy atom. The Balaban J connectivity index is 0.000000861. The molecule has 1 saturated carbocycles. The van der Waals surface area contributed by atoms with Gasteiger partial charge in [0.2, 0.25) is 5.91 Å². The van der Waals surface area contributed by atoms with Crippen LogP contribution in [0.25, 0.3) is 0 Å². The number of nitrogens with one attached hydrogen (secondary N) is 1. The Hall–Kier alpha value is -0.830. The Labute approximate surface area is 118 Å². The topological polar surface area (TPSA) is 32.3 Å². The lowest BCUT2D eigenvalue weighted by Crippen LogP contribution is -2.35. The van der Waals surface area contributed by atoms with Crippen LogP contribution in [0.3, 0.4) is 0 Å². The minimum absolute atomic E-state index is 0.336. The predicted molar refractivity (Wildman–Crippen MR) is 81.1 cm³/mol. The highest BCUT2D eigenvalue weighted by atomic mass is 16.2. The lowest BCUT2D eigenvalue weighted by atomic mass is 9.94. The Morgan fingerprint density at radius 3 is 2.42 bits per heavy atom. The van der Waals surface area contributed by atoms with E-state index in [0.29, 0.717) is 11.8 Å². The van der Waals surface area contributed by atoms with E-state index in [-0.39, 0.29) is 0 Å². The summed E-state index contributed by atoms with van der Waals surface area (Å²) in [4.78, 5) is 14.0. The molecule has 2 rings (SSSR count). The predicted octanol–water partition coefficient (Wildman–Crippen LogP) is 2.83. The fraction of sp³-hybridized carbons (Fsp3) is 0.812. The van der Waals surface area contributed by atoms with E-state index >= 15 is 0 Å². The lowest BCUT2D eigenvalue weighted by Gasteiger charge is -2.27. The first kappa shape index (κ1) is 16.2. The Kier molecular flexibility index (Phi) is 7.80. The van der Waals surface area contributed by atoms with Gasteiger partial charge in [-0.3, -0.25) is 4.79 Å². The Bertz CT molecular complexity index is 268. The number of carbonyl (C=O) groups is 1. The van der Waals surface area contributed by atoms with Gasteiger partial charge in [0.1, 0.15) is 0 Å². The minimum atomic E-state index is 0.336. The van der Waals surface area contributed by atoms with E-state index in [1.807, 2.05) is 24.8 Å². The van der Waals surface area contributed by atoms with Crippen LogP contribution < -0.4 is 5.32 Å². The SMILES string of the molecule is C=CCN(CCC1CCNCC1)C(=O)C1CC1.CC. The summed E-state index contributed by atoms with van der Waals surface area (Å²) >= 11 is 0. The molecule has 1 aliphatic carbocycles. The van der Waals surface area contributed by atoms with E-state index in [9.17, 15) is 4.79 Å². The van der Waals surface area contributed by atoms with Crippen LogP contribution in [0, 0.1) is 11.8 Å². The number of piperidine rings is 1. The van der Waals surface area contributed by atoms with Crippen LogP contribution in [-0.4, -0.2) is 37.0 Å². The molecule has 1 heterocycles. The van der Waals surface area contributed by atoms with Crippen molar-refractivity contribution < 1.29 is 4.79 Å². The molecule has 1 amide bonds. The molecule has 3 heteroatoms. The van der Waals surface area contributed by atoms with Gasteiger partial charge in [0, 0.05) is 19.0 Å². The van der Waals surface area contributed by atoms with Crippen LogP contribution in [0.5, 0.6) is 0 Å². The molecule has 1 saturated heterocycles. The van der Waals surface area contributed by atoms with Crippen molar-refractivity contribution in [2.45, 2.75) is 46.0 Å². The summed E-state index contributed by atoms with van der Waals surface area (Å²) in [6, 6.07) is 0. The van der Waals surface area contributed by atoms with Gasteiger partial charge in [0.05, 0.1) is 0 Å². The van der Waals surface area contributed by atoms with Crippen LogP contribution in [0.15, 0.2) is 12.7 Å². The van der Waals surface area contributed by atoms with Gasteiger partial charge in [-0.25, -0.2) is 0 Å². The summed E-state index contributed by atoms with van der Waals surface area (Å²) in [6.45, 7) is 11.7. The van der Waals surface area contributed by atoms with Crippen LogP contribution in [0.2, 0.25) is 0 Å². The second-order valence-electron chi connectivity index (χ2n) is 5.33. The molecule has 3 nitrogen and oxygen atoms in total. The molecule has 0 bridgehead atoms. The second-order valence-corrected chi connectivity index (χ2v) is 5.33. The molecule has 19 heavy (non-hydrogen) atoms. The molecule has 0 aromatic carbocycles. The molecular formula is C16H30N2O. The molecule has 0 spiro atoms. The fourth-order valence-electron chi connectivity index (χ4n) is 2.54. The summed E-state index contributed by atoms with van der Waals surface area (Å²) in [5.41, 5.74) is 0. The van der Waals surface area contributed by atoms with Crippen LogP contribution in [-0.2, 0) is 4.79 Å². The zero-order valence-corrected chi connectivity index (χ0v) is 12.7. The molecule has 0 aromatic heterocycles. The maximum atomic E-state index is 12.0. The molecule has 2 fully saturated rings. The molecule has 110 valence electrons. The van der Waals surface area contributed by atoms with E-state index in [4.69, 9.17) is 0 Å². The third kappa shape index (κ3) is 5.77. The van der Waals surface area contributed by atoms with Crippen molar-refractivity contribution in [2.24, 2.45) is 11.8 Å². The van der Waals surface area contributed by atoms with Crippen molar-refractivity contribution in [1.82, 2.24) is 10.2 Å². The zero-order valence-electron chi connectivity index (χ0n) is 12.7. The third-order valence-electron chi connectivity index (χ3n) is 3.85. The quantitative estimate of drug-likeness (QED) is 0.750. The van der Waals surface area contributed by atoms with E-state index in [1.54, 1.807) is 0 Å². The summed E-state index contributed by atoms with van der Waals surface area (Å²) in [5, 5.41) is 3.38. The second kappa shape index (κ2) is 9.13. The highest BCUT2D eigenvalue weighted by molar-refractivity contribution is 5.81. The van der Waals surface area contributed by atoms with Gasteiger partial charge in [-0.15, -0.1) is 6.58 Å². The number of hydrogen-bond acceptors (Lipinski definition) is 2. The minimum Gasteiger partial charge on any atom is -0.339 e. The Morgan fingerprint density at radius 1 is 1.26 bits per heavy atom. The number of hydrogen-bond donors (Lipinski definition) is 1. The fourth-order valence-corrected chi connectivity index (χ4v) is 2.54. The first-order valence-electron chi connectivity index (χ1n) is 7.91. The standard InChI is InChI=1S/C14H24N2O.C2H6/c1-2-10-16(14(17)13-3-4-13)11-7-12-5-8-15-9-6-12;1-2/h2,12-13,15H,1,3-11H2;1-2H3. The van der Waals surface area contributed by atoms with Crippen molar-refractivity contribution in [2.75, 3.05) is 26.2 Å². The van der Waals surface area contributed by atoms with Crippen molar-refractivity contribution in [3.05, 3.63) is 12.7 Å². The normalized spacial score (nSPS) is 19.3. The van der Waals surface area contributed by atoms with Gasteiger partial charge < -0.3 is 10.2 Å². The van der Waals surface area contributed by atoms with Gasteiger partial charge in [-0.2, -0.15) is 0 Å². The summed E-state index contributed by atoms with van der Waals surface area (Å²) in [5.74, 6) is 1.50. The number of nitrogens with zero attached hydrogens (tertiary/aromatic N) is 1. The highest BCUT2D eigenvalue weighted by Crippen LogP contribution is 2.31. The van der Waals surface area contributed by atoms with Crippen LogP contribution in [0.1, 0.15) is 46.0 Å². The van der Waals surface area contributed by atoms with Gasteiger partial charge >= 0.3 is 0 Å². The average Bonchev–Trinajstić information content (AvgIpc) is 3.30. The van der Waals surface area contributed by atoms with Crippen LogP contribution >= 0.6 is 0 Å². The molecular weight excluding hydrogens is 236 g/mol. The molecule has 0 unspecified atom stereocenters. The van der Waals surface area contributed by atoms with Gasteiger partial charge in [0.15, 0.2) is 0 Å². The first-order chi connectivity index (χ1) is 9.31. The van der Waals surface area contributed by atoms with Crippen molar-refractivity contribution in [1.29, 1.82) is 0 Å². The van der Waals surface area contributed by atoms with E-state index in [0.717, 1.165) is 51.4 Å². The number of carbonyl (C=O) groups excluding carboxylic acids is 1. The molecule has 0 aromatic rings. The maximum absolute atomic E-state index is 12.0. The smallest absolute Gasteiger partial charge is 0.225 e. The van der Waals surface area contributed by atoms with E-state index in [2.05, 4.69) is 11.9 Å². The first-order valence-corrected chi connectivity index (χ1v) is 7.91. The number of amides is 1. The monoisotopic (exact) mass is 266 g/mol.